The maximum atomic E-state index is 13.1. The maximum Gasteiger partial charge on any atom is 0.417 e. The van der Waals surface area contributed by atoms with Gasteiger partial charge in [0.25, 0.3) is 5.56 Å². The second kappa shape index (κ2) is 8.46. The number of carbonyl (C=O) groups is 1. The number of ether oxygens (including phenoxy) is 1. The van der Waals surface area contributed by atoms with Crippen molar-refractivity contribution < 1.29 is 22.7 Å². The molecule has 10 nitrogen and oxygen atoms in total. The molecule has 4 aromatic rings. The molecule has 0 aliphatic rings. The highest BCUT2D eigenvalue weighted by molar-refractivity contribution is 7.21. The molecule has 0 aliphatic heterocycles. The highest BCUT2D eigenvalue weighted by Gasteiger charge is 2.32. The molecule has 0 saturated carbocycles. The highest BCUT2D eigenvalue weighted by atomic mass is 32.1. The number of nitrogens with zero attached hydrogens (tertiary/aromatic N) is 5. The number of anilines is 3. The van der Waals surface area contributed by atoms with Crippen LogP contribution in [-0.2, 0) is 18.0 Å². The summed E-state index contributed by atoms with van der Waals surface area (Å²) in [6.45, 7) is 1.34. The predicted molar refractivity (Wildman–Crippen MR) is 114 cm³/mol. The molecule has 4 aromatic heterocycles. The van der Waals surface area contributed by atoms with Crippen LogP contribution in [0.4, 0.5) is 29.8 Å². The third kappa shape index (κ3) is 5.06. The molecule has 33 heavy (non-hydrogen) atoms. The Bertz CT molecular complexity index is 1420. The molecule has 0 fully saturated rings. The van der Waals surface area contributed by atoms with Crippen LogP contribution in [0.2, 0.25) is 0 Å². The Hall–Kier alpha value is -4.07. The number of halogens is 3. The molecule has 0 atom stereocenters. The molecule has 0 saturated heterocycles. The number of rotatable bonds is 5. The number of thiazole rings is 1. The van der Waals surface area contributed by atoms with Gasteiger partial charge < -0.3 is 19.9 Å². The first kappa shape index (κ1) is 22.1. The Morgan fingerprint density at radius 2 is 2.00 bits per heavy atom. The van der Waals surface area contributed by atoms with E-state index in [1.165, 1.54) is 32.4 Å². The second-order valence-corrected chi connectivity index (χ2v) is 7.68. The van der Waals surface area contributed by atoms with Gasteiger partial charge in [-0.2, -0.15) is 18.2 Å². The molecule has 0 aromatic carbocycles. The van der Waals surface area contributed by atoms with Crippen molar-refractivity contribution in [2.24, 2.45) is 7.05 Å². The van der Waals surface area contributed by atoms with Crippen molar-refractivity contribution >= 4 is 44.2 Å². The van der Waals surface area contributed by atoms with Gasteiger partial charge in [-0.1, -0.05) is 11.3 Å². The van der Waals surface area contributed by atoms with Gasteiger partial charge in [-0.25, -0.2) is 15.0 Å². The number of aryl methyl sites for hydroxylation is 1. The molecular formula is C19H14F3N7O3S. The van der Waals surface area contributed by atoms with Gasteiger partial charge in [0.15, 0.2) is 9.96 Å². The molecule has 2 N–H and O–H groups in total. The van der Waals surface area contributed by atoms with Gasteiger partial charge >= 0.3 is 12.2 Å². The van der Waals surface area contributed by atoms with E-state index in [2.05, 4.69) is 30.6 Å². The van der Waals surface area contributed by atoms with E-state index in [0.29, 0.717) is 16.1 Å². The van der Waals surface area contributed by atoms with E-state index in [9.17, 15) is 22.8 Å². The SMILES string of the molecule is CC(=O)Nc1cc(Oc2ncc3nc(Nc4cc(C(F)(F)F)cn(C)c4=O)sc3n2)ccn1. The fraction of sp³-hybridized carbons (Fsp3) is 0.158. The summed E-state index contributed by atoms with van der Waals surface area (Å²) in [7, 11) is 1.23. The maximum absolute atomic E-state index is 13.1. The van der Waals surface area contributed by atoms with Crippen molar-refractivity contribution in [3.05, 3.63) is 52.7 Å². The van der Waals surface area contributed by atoms with E-state index >= 15 is 0 Å². The van der Waals surface area contributed by atoms with Crippen LogP contribution in [0, 0.1) is 0 Å². The number of hydrogen-bond acceptors (Lipinski definition) is 9. The lowest BCUT2D eigenvalue weighted by atomic mass is 10.2. The van der Waals surface area contributed by atoms with Gasteiger partial charge in [0.05, 0.1) is 11.8 Å². The van der Waals surface area contributed by atoms with Crippen molar-refractivity contribution in [1.29, 1.82) is 0 Å². The Kier molecular flexibility index (Phi) is 5.68. The first-order valence-corrected chi connectivity index (χ1v) is 10.00. The summed E-state index contributed by atoms with van der Waals surface area (Å²) < 4.78 is 45.7. The predicted octanol–water partition coefficient (Wildman–Crippen LogP) is 3.69. The van der Waals surface area contributed by atoms with E-state index in [-0.39, 0.29) is 28.6 Å². The summed E-state index contributed by atoms with van der Waals surface area (Å²) >= 11 is 1.00. The van der Waals surface area contributed by atoms with Crippen molar-refractivity contribution in [3.8, 4) is 11.8 Å². The fourth-order valence-corrected chi connectivity index (χ4v) is 3.54. The van der Waals surface area contributed by atoms with Gasteiger partial charge in [-0.15, -0.1) is 0 Å². The van der Waals surface area contributed by atoms with E-state index in [1.807, 2.05) is 0 Å². The monoisotopic (exact) mass is 477 g/mol. The Labute approximate surface area is 187 Å². The van der Waals surface area contributed by atoms with Crippen LogP contribution >= 0.6 is 11.3 Å². The molecule has 0 bridgehead atoms. The average molecular weight is 477 g/mol. The minimum Gasteiger partial charge on any atom is -0.424 e. The number of nitrogens with one attached hydrogen (secondary N) is 2. The van der Waals surface area contributed by atoms with Gasteiger partial charge in [0.2, 0.25) is 5.91 Å². The molecular weight excluding hydrogens is 463 g/mol. The van der Waals surface area contributed by atoms with E-state index in [0.717, 1.165) is 28.2 Å². The standard InChI is InChI=1S/C19H14F3N7O3S/c1-9(30)25-14-6-11(3-4-23-14)32-17-24-7-13-15(28-17)33-18(27-13)26-12-5-10(19(20,21)22)8-29(2)16(12)31/h3-8H,1-2H3,(H,26,27)(H,23,25,30). The van der Waals surface area contributed by atoms with E-state index in [1.54, 1.807) is 6.07 Å². The first-order chi connectivity index (χ1) is 15.6. The van der Waals surface area contributed by atoms with Crippen LogP contribution in [0.25, 0.3) is 10.3 Å². The summed E-state index contributed by atoms with van der Waals surface area (Å²) in [4.78, 5) is 40.3. The summed E-state index contributed by atoms with van der Waals surface area (Å²) in [5.41, 5.74) is -1.55. The van der Waals surface area contributed by atoms with Crippen LogP contribution in [0.15, 0.2) is 41.6 Å². The zero-order valence-electron chi connectivity index (χ0n) is 17.0. The Morgan fingerprint density at radius 3 is 2.73 bits per heavy atom. The summed E-state index contributed by atoms with van der Waals surface area (Å²) in [5.74, 6) is 0.314. The number of carbonyl (C=O) groups excluding carboxylic acids is 1. The van der Waals surface area contributed by atoms with Crippen molar-refractivity contribution in [1.82, 2.24) is 24.5 Å². The minimum atomic E-state index is -4.61. The summed E-state index contributed by atoms with van der Waals surface area (Å²) in [6, 6.07) is 3.73. The van der Waals surface area contributed by atoms with Gasteiger partial charge in [0.1, 0.15) is 22.8 Å². The molecule has 4 rings (SSSR count). The van der Waals surface area contributed by atoms with Crippen LogP contribution in [0.3, 0.4) is 0 Å². The quantitative estimate of drug-likeness (QED) is 0.446. The Morgan fingerprint density at radius 1 is 1.21 bits per heavy atom. The fourth-order valence-electron chi connectivity index (χ4n) is 2.72. The molecule has 0 unspecified atom stereocenters. The summed E-state index contributed by atoms with van der Waals surface area (Å²) in [5, 5.41) is 5.31. The zero-order chi connectivity index (χ0) is 23.8. The number of amides is 1. The van der Waals surface area contributed by atoms with Crippen LogP contribution in [0.1, 0.15) is 12.5 Å². The third-order valence-electron chi connectivity index (χ3n) is 4.13. The molecule has 0 aliphatic carbocycles. The average Bonchev–Trinajstić information content (AvgIpc) is 3.12. The molecule has 170 valence electrons. The molecule has 0 spiro atoms. The lowest BCUT2D eigenvalue weighted by Gasteiger charge is -2.11. The summed E-state index contributed by atoms with van der Waals surface area (Å²) in [6.07, 6.45) is -1.08. The molecule has 0 radical (unpaired) electrons. The number of hydrogen-bond donors (Lipinski definition) is 2. The topological polar surface area (TPSA) is 124 Å². The number of alkyl halides is 3. The van der Waals surface area contributed by atoms with Gasteiger partial charge in [-0.05, 0) is 12.1 Å². The Balaban J connectivity index is 1.59. The second-order valence-electron chi connectivity index (χ2n) is 6.70. The van der Waals surface area contributed by atoms with Crippen LogP contribution < -0.4 is 20.9 Å². The smallest absolute Gasteiger partial charge is 0.417 e. The van der Waals surface area contributed by atoms with E-state index in [4.69, 9.17) is 4.74 Å². The zero-order valence-corrected chi connectivity index (χ0v) is 17.8. The van der Waals surface area contributed by atoms with Crippen molar-refractivity contribution in [2.45, 2.75) is 13.1 Å². The first-order valence-electron chi connectivity index (χ1n) is 9.18. The highest BCUT2D eigenvalue weighted by Crippen LogP contribution is 2.32. The third-order valence-corrected chi connectivity index (χ3v) is 5.01. The van der Waals surface area contributed by atoms with Crippen LogP contribution in [0.5, 0.6) is 11.8 Å². The molecule has 4 heterocycles. The normalized spacial score (nSPS) is 11.4. The number of pyridine rings is 2. The number of aromatic nitrogens is 5. The number of fused-ring (bicyclic) bond motifs is 1. The minimum absolute atomic E-state index is 0.0207. The van der Waals surface area contributed by atoms with Crippen molar-refractivity contribution in [3.63, 3.8) is 0 Å². The van der Waals surface area contributed by atoms with E-state index < -0.39 is 17.3 Å². The van der Waals surface area contributed by atoms with Crippen molar-refractivity contribution in [2.75, 3.05) is 10.6 Å². The van der Waals surface area contributed by atoms with Gasteiger partial charge in [-0.3, -0.25) is 9.59 Å². The van der Waals surface area contributed by atoms with Gasteiger partial charge in [0, 0.05) is 32.4 Å². The van der Waals surface area contributed by atoms with Crippen LogP contribution in [-0.4, -0.2) is 30.4 Å². The largest absolute Gasteiger partial charge is 0.424 e. The molecule has 1 amide bonds. The molecule has 14 heteroatoms. The lowest BCUT2D eigenvalue weighted by Crippen LogP contribution is -2.22. The lowest BCUT2D eigenvalue weighted by molar-refractivity contribution is -0.138.